The second-order valence-corrected chi connectivity index (χ2v) is 2.80. The van der Waals surface area contributed by atoms with E-state index >= 15 is 0 Å². The van der Waals surface area contributed by atoms with Crippen molar-refractivity contribution in [3.05, 3.63) is 0 Å². The van der Waals surface area contributed by atoms with Crippen LogP contribution in [0, 0.1) is 5.92 Å². The van der Waals surface area contributed by atoms with Crippen LogP contribution in [-0.4, -0.2) is 24.5 Å². The van der Waals surface area contributed by atoms with Gasteiger partial charge in [0, 0.05) is 19.5 Å². The number of amides is 1. The van der Waals surface area contributed by atoms with E-state index in [0.717, 1.165) is 13.0 Å². The molecule has 3 nitrogen and oxygen atoms in total. The first kappa shape index (κ1) is 10.4. The van der Waals surface area contributed by atoms with E-state index in [1.807, 2.05) is 27.8 Å². The second kappa shape index (κ2) is 5.13. The molecule has 0 aliphatic heterocycles. The van der Waals surface area contributed by atoms with Crippen LogP contribution < -0.4 is 5.43 Å². The number of nitrogens with zero attached hydrogens (tertiary/aromatic N) is 1. The van der Waals surface area contributed by atoms with Gasteiger partial charge in [-0.15, -0.1) is 0 Å². The number of hydrazine groups is 1. The number of carbonyl (C=O) groups excluding carboxylic acids is 1. The van der Waals surface area contributed by atoms with Gasteiger partial charge in [-0.05, 0) is 6.42 Å². The van der Waals surface area contributed by atoms with Gasteiger partial charge in [-0.3, -0.25) is 10.2 Å². The van der Waals surface area contributed by atoms with Crippen LogP contribution in [0.15, 0.2) is 0 Å². The van der Waals surface area contributed by atoms with Crippen molar-refractivity contribution in [2.24, 2.45) is 5.92 Å². The number of rotatable bonds is 4. The first-order valence-electron chi connectivity index (χ1n) is 4.13. The predicted molar refractivity (Wildman–Crippen MR) is 45.9 cm³/mol. The van der Waals surface area contributed by atoms with Crippen LogP contribution in [0.3, 0.4) is 0 Å². The van der Waals surface area contributed by atoms with Gasteiger partial charge in [-0.25, -0.2) is 5.01 Å². The Morgan fingerprint density at radius 1 is 1.55 bits per heavy atom. The molecule has 66 valence electrons. The Hall–Kier alpha value is -0.570. The zero-order valence-corrected chi connectivity index (χ0v) is 7.85. The molecule has 0 aliphatic rings. The van der Waals surface area contributed by atoms with Crippen molar-refractivity contribution in [1.82, 2.24) is 10.4 Å². The average molecular weight is 158 g/mol. The molecule has 0 heterocycles. The lowest BCUT2D eigenvalue weighted by Crippen LogP contribution is -2.41. The molecule has 1 atom stereocenters. The molecule has 0 fully saturated rings. The van der Waals surface area contributed by atoms with E-state index in [-0.39, 0.29) is 11.8 Å². The van der Waals surface area contributed by atoms with E-state index in [1.165, 1.54) is 0 Å². The normalized spacial score (nSPS) is 13.2. The molecular formula is C8H18N2O. The summed E-state index contributed by atoms with van der Waals surface area (Å²) < 4.78 is 0. The van der Waals surface area contributed by atoms with Gasteiger partial charge in [0.25, 0.3) is 0 Å². The lowest BCUT2D eigenvalue weighted by molar-refractivity contribution is -0.128. The molecule has 0 aromatic heterocycles. The third kappa shape index (κ3) is 3.98. The molecule has 3 heteroatoms. The second-order valence-electron chi connectivity index (χ2n) is 2.80. The fourth-order valence-corrected chi connectivity index (χ4v) is 0.563. The van der Waals surface area contributed by atoms with Crippen molar-refractivity contribution in [2.75, 3.05) is 13.6 Å². The predicted octanol–water partition coefficient (Wildman–Crippen LogP) is 1.02. The number of nitrogens with one attached hydrogen (secondary N) is 1. The van der Waals surface area contributed by atoms with Gasteiger partial charge in [0.2, 0.25) is 5.91 Å². The Labute approximate surface area is 68.7 Å². The van der Waals surface area contributed by atoms with Crippen LogP contribution in [0.5, 0.6) is 0 Å². The summed E-state index contributed by atoms with van der Waals surface area (Å²) in [5.74, 6) is 0.223. The first-order valence-corrected chi connectivity index (χ1v) is 4.13. The molecule has 0 bridgehead atoms. The zero-order valence-electron chi connectivity index (χ0n) is 7.85. The third-order valence-corrected chi connectivity index (χ3v) is 1.84. The first-order chi connectivity index (χ1) is 5.11. The molecule has 0 aromatic rings. The minimum Gasteiger partial charge on any atom is -0.289 e. The Morgan fingerprint density at radius 2 is 2.09 bits per heavy atom. The summed E-state index contributed by atoms with van der Waals surface area (Å²) in [7, 11) is 1.86. The van der Waals surface area contributed by atoms with Crippen molar-refractivity contribution < 1.29 is 4.79 Å². The van der Waals surface area contributed by atoms with Gasteiger partial charge in [0.05, 0.1) is 0 Å². The number of carbonyl (C=O) groups is 1. The quantitative estimate of drug-likeness (QED) is 0.619. The molecule has 0 aromatic carbocycles. The van der Waals surface area contributed by atoms with Crippen molar-refractivity contribution >= 4 is 5.91 Å². The van der Waals surface area contributed by atoms with Gasteiger partial charge >= 0.3 is 0 Å². The highest BCUT2D eigenvalue weighted by Crippen LogP contribution is 1.99. The minimum absolute atomic E-state index is 0.108. The van der Waals surface area contributed by atoms with Gasteiger partial charge in [-0.1, -0.05) is 20.8 Å². The topological polar surface area (TPSA) is 32.3 Å². The highest BCUT2D eigenvalue weighted by Gasteiger charge is 2.10. The van der Waals surface area contributed by atoms with E-state index in [1.54, 1.807) is 5.01 Å². The SMILES string of the molecule is CCC(C)C(=O)NN(C)CC. The lowest BCUT2D eigenvalue weighted by Gasteiger charge is -2.17. The molecule has 0 aliphatic carbocycles. The largest absolute Gasteiger partial charge is 0.289 e. The third-order valence-electron chi connectivity index (χ3n) is 1.84. The summed E-state index contributed by atoms with van der Waals surface area (Å²) in [4.78, 5) is 11.2. The van der Waals surface area contributed by atoms with Gasteiger partial charge in [0.15, 0.2) is 0 Å². The van der Waals surface area contributed by atoms with Crippen molar-refractivity contribution in [1.29, 1.82) is 0 Å². The van der Waals surface area contributed by atoms with Crippen LogP contribution >= 0.6 is 0 Å². The number of hydrogen-bond donors (Lipinski definition) is 1. The summed E-state index contributed by atoms with van der Waals surface area (Å²) >= 11 is 0. The van der Waals surface area contributed by atoms with Crippen LogP contribution in [0.25, 0.3) is 0 Å². The average Bonchev–Trinajstić information content (AvgIpc) is 2.02. The molecule has 0 saturated carbocycles. The van der Waals surface area contributed by atoms with E-state index in [4.69, 9.17) is 0 Å². The van der Waals surface area contributed by atoms with Gasteiger partial charge in [-0.2, -0.15) is 0 Å². The molecule has 11 heavy (non-hydrogen) atoms. The highest BCUT2D eigenvalue weighted by molar-refractivity contribution is 5.77. The van der Waals surface area contributed by atoms with E-state index in [0.29, 0.717) is 0 Å². The highest BCUT2D eigenvalue weighted by atomic mass is 16.2. The fourth-order valence-electron chi connectivity index (χ4n) is 0.563. The minimum atomic E-state index is 0.108. The Morgan fingerprint density at radius 3 is 2.45 bits per heavy atom. The fraction of sp³-hybridized carbons (Fsp3) is 0.875. The van der Waals surface area contributed by atoms with Crippen LogP contribution in [-0.2, 0) is 4.79 Å². The summed E-state index contributed by atoms with van der Waals surface area (Å²) in [6.07, 6.45) is 0.892. The molecule has 0 radical (unpaired) electrons. The van der Waals surface area contributed by atoms with Crippen LogP contribution in [0.4, 0.5) is 0 Å². The maximum atomic E-state index is 11.2. The van der Waals surface area contributed by atoms with Crippen LogP contribution in [0.2, 0.25) is 0 Å². The van der Waals surface area contributed by atoms with Gasteiger partial charge < -0.3 is 0 Å². The van der Waals surface area contributed by atoms with E-state index in [2.05, 4.69) is 5.43 Å². The van der Waals surface area contributed by atoms with Crippen molar-refractivity contribution in [3.8, 4) is 0 Å². The maximum Gasteiger partial charge on any atom is 0.237 e. The van der Waals surface area contributed by atoms with E-state index < -0.39 is 0 Å². The molecule has 0 saturated heterocycles. The Kier molecular flexibility index (Phi) is 4.86. The molecule has 0 rings (SSSR count). The molecular weight excluding hydrogens is 140 g/mol. The van der Waals surface area contributed by atoms with Crippen molar-refractivity contribution in [2.45, 2.75) is 27.2 Å². The zero-order chi connectivity index (χ0) is 8.85. The molecule has 1 N–H and O–H groups in total. The Bertz CT molecular complexity index is 125. The molecule has 1 unspecified atom stereocenters. The van der Waals surface area contributed by atoms with E-state index in [9.17, 15) is 4.79 Å². The molecule has 0 spiro atoms. The monoisotopic (exact) mass is 158 g/mol. The smallest absolute Gasteiger partial charge is 0.237 e. The summed E-state index contributed by atoms with van der Waals surface area (Å²) in [5.41, 5.74) is 2.77. The Balaban J connectivity index is 3.68. The summed E-state index contributed by atoms with van der Waals surface area (Å²) in [5, 5.41) is 1.79. The van der Waals surface area contributed by atoms with Crippen LogP contribution in [0.1, 0.15) is 27.2 Å². The summed E-state index contributed by atoms with van der Waals surface area (Å²) in [6, 6.07) is 0. The maximum absolute atomic E-state index is 11.2. The number of hydrogen-bond acceptors (Lipinski definition) is 2. The summed E-state index contributed by atoms with van der Waals surface area (Å²) in [6.45, 7) is 6.77. The van der Waals surface area contributed by atoms with Gasteiger partial charge in [0.1, 0.15) is 0 Å². The lowest BCUT2D eigenvalue weighted by atomic mass is 10.1. The van der Waals surface area contributed by atoms with Crippen molar-refractivity contribution in [3.63, 3.8) is 0 Å². The standard InChI is InChI=1S/C8H18N2O/c1-5-7(3)8(11)9-10(4)6-2/h7H,5-6H2,1-4H3,(H,9,11). The molecule has 1 amide bonds.